The molecule has 1 aromatic rings. The molecule has 0 bridgehead atoms. The third-order valence-corrected chi connectivity index (χ3v) is 10.9. The molecule has 182 valence electrons. The molecule has 32 heavy (non-hydrogen) atoms. The number of alkyl halides is 3. The van der Waals surface area contributed by atoms with Crippen LogP contribution in [0.4, 0.5) is 18.0 Å². The SMILES string of the molecule is CC(C)(C)OC(=O)N[C@H]1C[C@@H](c2cccc(C(F)(F)F)c2)CC[C@@H]1O[Si](C)(C)C(C)(C)C. The molecule has 4 nitrogen and oxygen atoms in total. The van der Waals surface area contributed by atoms with Crippen LogP contribution in [0.3, 0.4) is 0 Å². The summed E-state index contributed by atoms with van der Waals surface area (Å²) in [4.78, 5) is 12.5. The average molecular weight is 474 g/mol. The fraction of sp³-hybridized carbons (Fsp3) is 0.708. The number of carbonyl (C=O) groups excluding carboxylic acids is 1. The highest BCUT2D eigenvalue weighted by atomic mass is 28.4. The first-order valence-electron chi connectivity index (χ1n) is 11.2. The van der Waals surface area contributed by atoms with E-state index in [-0.39, 0.29) is 23.1 Å². The Labute approximate surface area is 191 Å². The number of amides is 1. The maximum Gasteiger partial charge on any atom is 0.416 e. The van der Waals surface area contributed by atoms with Crippen LogP contribution in [-0.2, 0) is 15.3 Å². The van der Waals surface area contributed by atoms with Gasteiger partial charge in [0, 0.05) is 0 Å². The number of hydrogen-bond donors (Lipinski definition) is 1. The zero-order valence-electron chi connectivity index (χ0n) is 20.5. The van der Waals surface area contributed by atoms with E-state index in [9.17, 15) is 18.0 Å². The van der Waals surface area contributed by atoms with E-state index in [0.29, 0.717) is 24.8 Å². The lowest BCUT2D eigenvalue weighted by atomic mass is 9.79. The number of hydrogen-bond acceptors (Lipinski definition) is 3. The fourth-order valence-corrected chi connectivity index (χ4v) is 5.11. The van der Waals surface area contributed by atoms with Gasteiger partial charge in [-0.15, -0.1) is 0 Å². The molecule has 0 spiro atoms. The molecule has 1 aliphatic carbocycles. The van der Waals surface area contributed by atoms with Gasteiger partial charge in [0.1, 0.15) is 5.60 Å². The molecule has 3 atom stereocenters. The van der Waals surface area contributed by atoms with E-state index in [1.54, 1.807) is 26.8 Å². The number of nitrogens with one attached hydrogen (secondary N) is 1. The Balaban J connectivity index is 2.26. The molecule has 0 aromatic heterocycles. The summed E-state index contributed by atoms with van der Waals surface area (Å²) in [6.07, 6.45) is -3.25. The quantitative estimate of drug-likeness (QED) is 0.468. The van der Waals surface area contributed by atoms with Crippen LogP contribution in [0.15, 0.2) is 24.3 Å². The van der Waals surface area contributed by atoms with Crippen LogP contribution in [0.5, 0.6) is 0 Å². The van der Waals surface area contributed by atoms with Crippen molar-refractivity contribution in [3.05, 3.63) is 35.4 Å². The van der Waals surface area contributed by atoms with E-state index < -0.39 is 31.8 Å². The lowest BCUT2D eigenvalue weighted by Gasteiger charge is -2.44. The second-order valence-electron chi connectivity index (χ2n) is 11.3. The normalized spacial score (nSPS) is 23.0. The van der Waals surface area contributed by atoms with E-state index in [0.717, 1.165) is 6.07 Å². The highest BCUT2D eigenvalue weighted by Crippen LogP contribution is 2.42. The highest BCUT2D eigenvalue weighted by Gasteiger charge is 2.43. The van der Waals surface area contributed by atoms with Crippen molar-refractivity contribution in [1.29, 1.82) is 0 Å². The Hall–Kier alpha value is -1.54. The molecular weight excluding hydrogens is 435 g/mol. The van der Waals surface area contributed by atoms with E-state index in [4.69, 9.17) is 9.16 Å². The molecule has 8 heteroatoms. The smallest absolute Gasteiger partial charge is 0.416 e. The van der Waals surface area contributed by atoms with E-state index in [2.05, 4.69) is 39.2 Å². The van der Waals surface area contributed by atoms with Crippen molar-refractivity contribution in [2.45, 2.75) is 109 Å². The van der Waals surface area contributed by atoms with Crippen LogP contribution in [0.2, 0.25) is 18.1 Å². The molecule has 0 aliphatic heterocycles. The minimum atomic E-state index is -4.38. The van der Waals surface area contributed by atoms with Crippen LogP contribution >= 0.6 is 0 Å². The van der Waals surface area contributed by atoms with Crippen molar-refractivity contribution in [2.24, 2.45) is 0 Å². The summed E-state index contributed by atoms with van der Waals surface area (Å²) in [5.74, 6) is -0.100. The number of carbonyl (C=O) groups is 1. The molecule has 0 radical (unpaired) electrons. The third-order valence-electron chi connectivity index (χ3n) is 6.43. The van der Waals surface area contributed by atoms with Crippen molar-refractivity contribution in [1.82, 2.24) is 5.32 Å². The number of rotatable bonds is 4. The van der Waals surface area contributed by atoms with E-state index in [1.165, 1.54) is 12.1 Å². The first-order chi connectivity index (χ1) is 14.4. The number of alkyl carbamates (subject to hydrolysis) is 1. The summed E-state index contributed by atoms with van der Waals surface area (Å²) < 4.78 is 51.7. The molecule has 1 saturated carbocycles. The summed E-state index contributed by atoms with van der Waals surface area (Å²) >= 11 is 0. The average Bonchev–Trinajstić information content (AvgIpc) is 2.60. The van der Waals surface area contributed by atoms with E-state index >= 15 is 0 Å². The van der Waals surface area contributed by atoms with Crippen molar-refractivity contribution >= 4 is 14.4 Å². The maximum atomic E-state index is 13.2. The highest BCUT2D eigenvalue weighted by molar-refractivity contribution is 6.74. The number of halogens is 3. The molecule has 2 rings (SSSR count). The summed E-state index contributed by atoms with van der Waals surface area (Å²) in [6.45, 7) is 16.2. The number of ether oxygens (including phenoxy) is 1. The Bertz CT molecular complexity index is 797. The first kappa shape index (κ1) is 26.7. The zero-order valence-corrected chi connectivity index (χ0v) is 21.5. The maximum absolute atomic E-state index is 13.2. The Kier molecular flexibility index (Phi) is 7.82. The van der Waals surface area contributed by atoms with Crippen molar-refractivity contribution in [3.8, 4) is 0 Å². The van der Waals surface area contributed by atoms with Gasteiger partial charge in [0.05, 0.1) is 17.7 Å². The Morgan fingerprint density at radius 2 is 1.69 bits per heavy atom. The van der Waals surface area contributed by atoms with Crippen molar-refractivity contribution < 1.29 is 27.1 Å². The molecule has 0 heterocycles. The van der Waals surface area contributed by atoms with Crippen LogP contribution in [0.1, 0.15) is 77.8 Å². The molecule has 1 aromatic carbocycles. The number of benzene rings is 1. The third kappa shape index (κ3) is 7.23. The zero-order chi connectivity index (χ0) is 24.5. The lowest BCUT2D eigenvalue weighted by Crippen LogP contribution is -2.54. The van der Waals surface area contributed by atoms with Crippen LogP contribution in [0, 0.1) is 0 Å². The van der Waals surface area contributed by atoms with Gasteiger partial charge in [0.2, 0.25) is 0 Å². The fourth-order valence-electron chi connectivity index (χ4n) is 3.72. The molecular formula is C24H38F3NO3Si. The van der Waals surface area contributed by atoms with Gasteiger partial charge in [0.25, 0.3) is 0 Å². The van der Waals surface area contributed by atoms with Crippen molar-refractivity contribution in [3.63, 3.8) is 0 Å². The van der Waals surface area contributed by atoms with Gasteiger partial charge in [-0.1, -0.05) is 39.0 Å². The lowest BCUT2D eigenvalue weighted by molar-refractivity contribution is -0.137. The molecule has 1 aliphatic rings. The van der Waals surface area contributed by atoms with Crippen LogP contribution in [0.25, 0.3) is 0 Å². The van der Waals surface area contributed by atoms with Gasteiger partial charge < -0.3 is 14.5 Å². The van der Waals surface area contributed by atoms with Gasteiger partial charge in [0.15, 0.2) is 8.32 Å². The van der Waals surface area contributed by atoms with Gasteiger partial charge in [-0.3, -0.25) is 0 Å². The minimum Gasteiger partial charge on any atom is -0.444 e. The molecule has 0 unspecified atom stereocenters. The van der Waals surface area contributed by atoms with Gasteiger partial charge in [-0.25, -0.2) is 4.79 Å². The summed E-state index contributed by atoms with van der Waals surface area (Å²) in [7, 11) is -2.11. The molecule has 0 saturated heterocycles. The molecule has 1 fully saturated rings. The molecule has 1 N–H and O–H groups in total. The van der Waals surface area contributed by atoms with E-state index in [1.807, 2.05) is 0 Å². The summed E-state index contributed by atoms with van der Waals surface area (Å²) in [6, 6.07) is 5.16. The minimum absolute atomic E-state index is 0.00135. The second kappa shape index (κ2) is 9.37. The predicted octanol–water partition coefficient (Wildman–Crippen LogP) is 7.26. The summed E-state index contributed by atoms with van der Waals surface area (Å²) in [5, 5.41) is 2.96. The van der Waals surface area contributed by atoms with Gasteiger partial charge in [-0.05, 0) is 75.7 Å². The summed E-state index contributed by atoms with van der Waals surface area (Å²) in [5.41, 5.74) is -0.650. The van der Waals surface area contributed by atoms with Crippen LogP contribution in [-0.4, -0.2) is 32.2 Å². The second-order valence-corrected chi connectivity index (χ2v) is 16.1. The Morgan fingerprint density at radius 1 is 1.06 bits per heavy atom. The Morgan fingerprint density at radius 3 is 2.22 bits per heavy atom. The standard InChI is InChI=1S/C24H38F3NO3Si/c1-22(2,3)30-21(29)28-19-15-17(16-10-9-11-18(14-16)24(25,26)27)12-13-20(19)31-32(7,8)23(4,5)6/h9-11,14,17,19-20H,12-13,15H2,1-8H3,(H,28,29)/t17-,19-,20-/m0/s1. The largest absolute Gasteiger partial charge is 0.444 e. The first-order valence-corrected chi connectivity index (χ1v) is 14.1. The van der Waals surface area contributed by atoms with Crippen LogP contribution < -0.4 is 5.32 Å². The molecule has 1 amide bonds. The topological polar surface area (TPSA) is 47.6 Å². The van der Waals surface area contributed by atoms with Crippen molar-refractivity contribution in [2.75, 3.05) is 0 Å². The van der Waals surface area contributed by atoms with Gasteiger partial charge >= 0.3 is 12.3 Å². The van der Waals surface area contributed by atoms with Gasteiger partial charge in [-0.2, -0.15) is 13.2 Å². The monoisotopic (exact) mass is 473 g/mol. The predicted molar refractivity (Wildman–Crippen MR) is 123 cm³/mol.